The van der Waals surface area contributed by atoms with E-state index in [2.05, 4.69) is 5.32 Å². The van der Waals surface area contributed by atoms with Crippen LogP contribution in [0.1, 0.15) is 11.6 Å². The summed E-state index contributed by atoms with van der Waals surface area (Å²) in [6, 6.07) is 15.7. The molecule has 0 saturated heterocycles. The first-order chi connectivity index (χ1) is 9.20. The molecule has 2 aromatic rings. The number of rotatable bonds is 5. The molecule has 1 N–H and O–H groups in total. The molecular weight excluding hydrogens is 261 g/mol. The maximum atomic E-state index is 12.8. The SMILES string of the molecule is CNC(CS(=O)c1ccc(F)cc1)c1ccccc1. The highest BCUT2D eigenvalue weighted by molar-refractivity contribution is 7.85. The third kappa shape index (κ3) is 3.72. The van der Waals surface area contributed by atoms with E-state index in [1.54, 1.807) is 12.1 Å². The predicted octanol–water partition coefficient (Wildman–Crippen LogP) is 2.89. The molecule has 0 aliphatic carbocycles. The van der Waals surface area contributed by atoms with Gasteiger partial charge in [-0.2, -0.15) is 0 Å². The van der Waals surface area contributed by atoms with Gasteiger partial charge in [-0.25, -0.2) is 4.39 Å². The first kappa shape index (κ1) is 13.9. The summed E-state index contributed by atoms with van der Waals surface area (Å²) in [6.45, 7) is 0. The van der Waals surface area contributed by atoms with Crippen LogP contribution in [0.5, 0.6) is 0 Å². The van der Waals surface area contributed by atoms with Gasteiger partial charge in [-0.3, -0.25) is 4.21 Å². The molecule has 0 aliphatic heterocycles. The highest BCUT2D eigenvalue weighted by atomic mass is 32.2. The summed E-state index contributed by atoms with van der Waals surface area (Å²) >= 11 is 0. The van der Waals surface area contributed by atoms with Crippen molar-refractivity contribution in [3.63, 3.8) is 0 Å². The smallest absolute Gasteiger partial charge is 0.123 e. The van der Waals surface area contributed by atoms with Gasteiger partial charge >= 0.3 is 0 Å². The largest absolute Gasteiger partial charge is 0.312 e. The second-order valence-corrected chi connectivity index (χ2v) is 5.71. The zero-order valence-corrected chi connectivity index (χ0v) is 11.5. The third-order valence-electron chi connectivity index (χ3n) is 2.94. The van der Waals surface area contributed by atoms with Crippen molar-refractivity contribution in [2.24, 2.45) is 0 Å². The minimum Gasteiger partial charge on any atom is -0.312 e. The fraction of sp³-hybridized carbons (Fsp3) is 0.200. The first-order valence-electron chi connectivity index (χ1n) is 6.07. The van der Waals surface area contributed by atoms with E-state index in [0.29, 0.717) is 10.6 Å². The fourth-order valence-corrected chi connectivity index (χ4v) is 3.16. The molecule has 19 heavy (non-hydrogen) atoms. The van der Waals surface area contributed by atoms with Crippen molar-refractivity contribution >= 4 is 10.8 Å². The summed E-state index contributed by atoms with van der Waals surface area (Å²) in [5, 5.41) is 3.16. The molecule has 0 amide bonds. The van der Waals surface area contributed by atoms with E-state index >= 15 is 0 Å². The van der Waals surface area contributed by atoms with Crippen LogP contribution in [0.25, 0.3) is 0 Å². The highest BCUT2D eigenvalue weighted by Crippen LogP contribution is 2.17. The Labute approximate surface area is 115 Å². The third-order valence-corrected chi connectivity index (χ3v) is 4.38. The number of nitrogens with one attached hydrogen (secondary N) is 1. The molecule has 0 saturated carbocycles. The summed E-state index contributed by atoms with van der Waals surface area (Å²) in [4.78, 5) is 0.651. The van der Waals surface area contributed by atoms with Crippen LogP contribution >= 0.6 is 0 Å². The zero-order chi connectivity index (χ0) is 13.7. The van der Waals surface area contributed by atoms with E-state index < -0.39 is 10.8 Å². The Bertz CT molecular complexity index is 542. The lowest BCUT2D eigenvalue weighted by Crippen LogP contribution is -2.22. The van der Waals surface area contributed by atoms with Crippen LogP contribution in [-0.2, 0) is 10.8 Å². The Balaban J connectivity index is 2.10. The molecule has 0 bridgehead atoms. The van der Waals surface area contributed by atoms with Gasteiger partial charge in [0.05, 0.1) is 10.8 Å². The van der Waals surface area contributed by atoms with Gasteiger partial charge < -0.3 is 5.32 Å². The molecule has 4 heteroatoms. The molecule has 2 atom stereocenters. The van der Waals surface area contributed by atoms with Crippen LogP contribution < -0.4 is 5.32 Å². The van der Waals surface area contributed by atoms with Crippen LogP contribution in [0.15, 0.2) is 59.5 Å². The summed E-state index contributed by atoms with van der Waals surface area (Å²) < 4.78 is 25.1. The number of halogens is 1. The minimum absolute atomic E-state index is 0.0205. The Kier molecular flexibility index (Phi) is 4.82. The molecule has 0 aliphatic rings. The number of hydrogen-bond acceptors (Lipinski definition) is 2. The maximum Gasteiger partial charge on any atom is 0.123 e. The molecule has 0 radical (unpaired) electrons. The Morgan fingerprint density at radius 2 is 1.74 bits per heavy atom. The van der Waals surface area contributed by atoms with Crippen LogP contribution in [0.3, 0.4) is 0 Å². The lowest BCUT2D eigenvalue weighted by molar-refractivity contribution is 0.624. The molecule has 2 rings (SSSR count). The van der Waals surface area contributed by atoms with Crippen molar-refractivity contribution in [1.29, 1.82) is 0 Å². The van der Waals surface area contributed by atoms with Crippen LogP contribution in [0.4, 0.5) is 4.39 Å². The molecule has 0 spiro atoms. The van der Waals surface area contributed by atoms with Gasteiger partial charge in [0.2, 0.25) is 0 Å². The van der Waals surface area contributed by atoms with Crippen LogP contribution in [0.2, 0.25) is 0 Å². The molecule has 2 unspecified atom stereocenters. The van der Waals surface area contributed by atoms with E-state index in [0.717, 1.165) is 5.56 Å². The number of hydrogen-bond donors (Lipinski definition) is 1. The van der Waals surface area contributed by atoms with Gasteiger partial charge in [0.15, 0.2) is 0 Å². The summed E-state index contributed by atoms with van der Waals surface area (Å²) in [5.41, 5.74) is 1.10. The van der Waals surface area contributed by atoms with Gasteiger partial charge in [-0.05, 0) is 36.9 Å². The second-order valence-electron chi connectivity index (χ2n) is 4.22. The molecule has 0 aromatic heterocycles. The Hall–Kier alpha value is -1.52. The van der Waals surface area contributed by atoms with Crippen molar-refractivity contribution in [3.05, 3.63) is 66.0 Å². The van der Waals surface area contributed by atoms with Gasteiger partial charge in [0.1, 0.15) is 5.82 Å². The topological polar surface area (TPSA) is 29.1 Å². The average molecular weight is 277 g/mol. The van der Waals surface area contributed by atoms with Crippen molar-refractivity contribution in [3.8, 4) is 0 Å². The molecule has 0 fully saturated rings. The zero-order valence-electron chi connectivity index (χ0n) is 10.7. The number of benzene rings is 2. The van der Waals surface area contributed by atoms with Crippen LogP contribution in [-0.4, -0.2) is 17.0 Å². The van der Waals surface area contributed by atoms with E-state index in [9.17, 15) is 8.60 Å². The normalized spacial score (nSPS) is 14.0. The molecule has 2 nitrogen and oxygen atoms in total. The maximum absolute atomic E-state index is 12.8. The van der Waals surface area contributed by atoms with Gasteiger partial charge in [-0.1, -0.05) is 30.3 Å². The summed E-state index contributed by atoms with van der Waals surface area (Å²) in [6.07, 6.45) is 0. The Morgan fingerprint density at radius 1 is 1.11 bits per heavy atom. The molecular formula is C15H16FNOS. The lowest BCUT2D eigenvalue weighted by atomic mass is 10.1. The quantitative estimate of drug-likeness (QED) is 0.910. The lowest BCUT2D eigenvalue weighted by Gasteiger charge is -2.16. The Morgan fingerprint density at radius 3 is 2.32 bits per heavy atom. The van der Waals surface area contributed by atoms with E-state index in [-0.39, 0.29) is 11.9 Å². The van der Waals surface area contributed by atoms with Crippen LogP contribution in [0, 0.1) is 5.82 Å². The van der Waals surface area contributed by atoms with Gasteiger partial charge in [-0.15, -0.1) is 0 Å². The standard InChI is InChI=1S/C15H16FNOS/c1-17-15(12-5-3-2-4-6-12)11-19(18)14-9-7-13(16)8-10-14/h2-10,15,17H,11H2,1H3. The van der Waals surface area contributed by atoms with Crippen molar-refractivity contribution in [2.75, 3.05) is 12.8 Å². The first-order valence-corrected chi connectivity index (χ1v) is 7.39. The molecule has 100 valence electrons. The average Bonchev–Trinajstić information content (AvgIpc) is 2.46. The van der Waals surface area contributed by atoms with Gasteiger partial charge in [0.25, 0.3) is 0 Å². The highest BCUT2D eigenvalue weighted by Gasteiger charge is 2.14. The van der Waals surface area contributed by atoms with Gasteiger partial charge in [0, 0.05) is 16.7 Å². The van der Waals surface area contributed by atoms with E-state index in [1.807, 2.05) is 37.4 Å². The summed E-state index contributed by atoms with van der Waals surface area (Å²) in [7, 11) is 0.695. The molecule has 2 aromatic carbocycles. The second kappa shape index (κ2) is 6.59. The molecule has 0 heterocycles. The van der Waals surface area contributed by atoms with Crippen molar-refractivity contribution < 1.29 is 8.60 Å². The van der Waals surface area contributed by atoms with Crippen molar-refractivity contribution in [1.82, 2.24) is 5.32 Å². The monoisotopic (exact) mass is 277 g/mol. The summed E-state index contributed by atoms with van der Waals surface area (Å²) in [5.74, 6) is 0.153. The van der Waals surface area contributed by atoms with E-state index in [4.69, 9.17) is 0 Å². The van der Waals surface area contributed by atoms with Crippen molar-refractivity contribution in [2.45, 2.75) is 10.9 Å². The minimum atomic E-state index is -1.15. The predicted molar refractivity (Wildman–Crippen MR) is 75.9 cm³/mol. The fourth-order valence-electron chi connectivity index (χ4n) is 1.87. The van der Waals surface area contributed by atoms with E-state index in [1.165, 1.54) is 12.1 Å².